The van der Waals surface area contributed by atoms with Gasteiger partial charge in [-0.05, 0) is 63.6 Å². The van der Waals surface area contributed by atoms with Crippen molar-refractivity contribution in [2.75, 3.05) is 59.4 Å². The second kappa shape index (κ2) is 11.7. The van der Waals surface area contributed by atoms with E-state index in [1.165, 1.54) is 71.2 Å². The Bertz CT molecular complexity index is 368. The van der Waals surface area contributed by atoms with Gasteiger partial charge in [-0.1, -0.05) is 20.3 Å². The summed E-state index contributed by atoms with van der Waals surface area (Å²) >= 11 is 0. The van der Waals surface area contributed by atoms with Crippen molar-refractivity contribution in [2.24, 2.45) is 16.8 Å². The van der Waals surface area contributed by atoms with E-state index < -0.39 is 0 Å². The molecule has 25 heavy (non-hydrogen) atoms. The van der Waals surface area contributed by atoms with Gasteiger partial charge < -0.3 is 20.4 Å². The van der Waals surface area contributed by atoms with Gasteiger partial charge in [-0.2, -0.15) is 0 Å². The Labute approximate surface area is 155 Å². The molecule has 2 heterocycles. The predicted molar refractivity (Wildman–Crippen MR) is 108 cm³/mol. The van der Waals surface area contributed by atoms with Gasteiger partial charge in [0.25, 0.3) is 0 Å². The molecular formula is C20H41N5. The predicted octanol–water partition coefficient (Wildman–Crippen LogP) is 2.40. The summed E-state index contributed by atoms with van der Waals surface area (Å²) in [5.74, 6) is 2.69. The van der Waals surface area contributed by atoms with Crippen molar-refractivity contribution in [3.63, 3.8) is 0 Å². The zero-order chi connectivity index (χ0) is 17.9. The molecule has 0 aliphatic carbocycles. The first-order valence-electron chi connectivity index (χ1n) is 10.6. The van der Waals surface area contributed by atoms with Gasteiger partial charge in [-0.25, -0.2) is 0 Å². The normalized spacial score (nSPS) is 26.6. The van der Waals surface area contributed by atoms with Crippen LogP contribution >= 0.6 is 0 Å². The van der Waals surface area contributed by atoms with E-state index >= 15 is 0 Å². The van der Waals surface area contributed by atoms with Gasteiger partial charge in [-0.3, -0.25) is 4.99 Å². The highest BCUT2D eigenvalue weighted by atomic mass is 15.2. The molecule has 0 amide bonds. The molecule has 146 valence electrons. The lowest BCUT2D eigenvalue weighted by molar-refractivity contribution is 0.139. The molecule has 0 bridgehead atoms. The van der Waals surface area contributed by atoms with E-state index in [0.29, 0.717) is 0 Å². The average Bonchev–Trinajstić information content (AvgIpc) is 2.60. The molecular weight excluding hydrogens is 310 g/mol. The first kappa shape index (κ1) is 20.5. The van der Waals surface area contributed by atoms with Crippen LogP contribution in [0.5, 0.6) is 0 Å². The van der Waals surface area contributed by atoms with Crippen molar-refractivity contribution in [2.45, 2.75) is 52.4 Å². The van der Waals surface area contributed by atoms with E-state index in [-0.39, 0.29) is 0 Å². The summed E-state index contributed by atoms with van der Waals surface area (Å²) < 4.78 is 0. The highest BCUT2D eigenvalue weighted by molar-refractivity contribution is 5.79. The largest absolute Gasteiger partial charge is 0.356 e. The summed E-state index contributed by atoms with van der Waals surface area (Å²) in [4.78, 5) is 9.56. The second-order valence-electron chi connectivity index (χ2n) is 8.24. The van der Waals surface area contributed by atoms with Gasteiger partial charge in [0.1, 0.15) is 0 Å². The molecule has 2 saturated heterocycles. The number of guanidine groups is 1. The van der Waals surface area contributed by atoms with Crippen LogP contribution in [0.4, 0.5) is 0 Å². The minimum absolute atomic E-state index is 0.866. The van der Waals surface area contributed by atoms with Gasteiger partial charge in [0, 0.05) is 39.8 Å². The molecule has 0 saturated carbocycles. The van der Waals surface area contributed by atoms with Crippen LogP contribution in [0.2, 0.25) is 0 Å². The maximum Gasteiger partial charge on any atom is 0.191 e. The average molecular weight is 352 g/mol. The summed E-state index contributed by atoms with van der Waals surface area (Å²) in [5, 5.41) is 6.92. The fraction of sp³-hybridized carbons (Fsp3) is 0.950. The molecule has 0 spiro atoms. The molecule has 0 aromatic heterocycles. The Kier molecular flexibility index (Phi) is 9.63. The Balaban J connectivity index is 1.49. The number of hydrogen-bond acceptors (Lipinski definition) is 3. The highest BCUT2D eigenvalue weighted by Gasteiger charge is 2.20. The summed E-state index contributed by atoms with van der Waals surface area (Å²) in [6.45, 7) is 14.3. The van der Waals surface area contributed by atoms with E-state index in [1.54, 1.807) is 0 Å². The van der Waals surface area contributed by atoms with Gasteiger partial charge >= 0.3 is 0 Å². The van der Waals surface area contributed by atoms with E-state index in [9.17, 15) is 0 Å². The highest BCUT2D eigenvalue weighted by Crippen LogP contribution is 2.20. The molecule has 2 aliphatic rings. The van der Waals surface area contributed by atoms with Crippen LogP contribution in [0.15, 0.2) is 4.99 Å². The van der Waals surface area contributed by atoms with Gasteiger partial charge in [0.15, 0.2) is 5.96 Å². The number of likely N-dealkylation sites (tertiary alicyclic amines) is 2. The van der Waals surface area contributed by atoms with Crippen molar-refractivity contribution in [3.8, 4) is 0 Å². The Morgan fingerprint density at radius 1 is 0.880 bits per heavy atom. The number of piperidine rings is 2. The van der Waals surface area contributed by atoms with E-state index in [0.717, 1.165) is 37.4 Å². The zero-order valence-corrected chi connectivity index (χ0v) is 16.9. The van der Waals surface area contributed by atoms with Crippen molar-refractivity contribution < 1.29 is 0 Å². The fourth-order valence-corrected chi connectivity index (χ4v) is 4.38. The van der Waals surface area contributed by atoms with Crippen molar-refractivity contribution in [3.05, 3.63) is 0 Å². The minimum atomic E-state index is 0.866. The fourth-order valence-electron chi connectivity index (χ4n) is 4.38. The first-order valence-corrected chi connectivity index (χ1v) is 10.6. The Morgan fingerprint density at radius 2 is 1.56 bits per heavy atom. The van der Waals surface area contributed by atoms with Crippen molar-refractivity contribution in [1.82, 2.24) is 20.4 Å². The third-order valence-electron chi connectivity index (χ3n) is 5.53. The van der Waals surface area contributed by atoms with Crippen molar-refractivity contribution in [1.29, 1.82) is 0 Å². The van der Waals surface area contributed by atoms with Gasteiger partial charge in [0.05, 0.1) is 0 Å². The lowest BCUT2D eigenvalue weighted by Crippen LogP contribution is -2.43. The molecule has 2 N–H and O–H groups in total. The smallest absolute Gasteiger partial charge is 0.191 e. The summed E-state index contributed by atoms with van der Waals surface area (Å²) in [6.07, 6.45) is 8.02. The van der Waals surface area contributed by atoms with Crippen LogP contribution in [0.1, 0.15) is 52.4 Å². The van der Waals surface area contributed by atoms with Gasteiger partial charge in [-0.15, -0.1) is 0 Å². The van der Waals surface area contributed by atoms with E-state index in [4.69, 9.17) is 0 Å². The van der Waals surface area contributed by atoms with Crippen molar-refractivity contribution >= 4 is 5.96 Å². The monoisotopic (exact) mass is 351 g/mol. The Hall–Kier alpha value is -0.810. The molecule has 2 fully saturated rings. The van der Waals surface area contributed by atoms with E-state index in [2.05, 4.69) is 39.3 Å². The minimum Gasteiger partial charge on any atom is -0.356 e. The number of rotatable bonds is 8. The molecule has 0 aromatic carbocycles. The first-order chi connectivity index (χ1) is 12.2. The third kappa shape index (κ3) is 8.41. The summed E-state index contributed by atoms with van der Waals surface area (Å²) in [7, 11) is 1.87. The molecule has 0 aromatic rings. The number of aliphatic imine (C=N–C) groups is 1. The van der Waals surface area contributed by atoms with Crippen LogP contribution in [0, 0.1) is 11.8 Å². The third-order valence-corrected chi connectivity index (χ3v) is 5.53. The molecule has 2 unspecified atom stereocenters. The van der Waals surface area contributed by atoms with Crippen LogP contribution in [0.25, 0.3) is 0 Å². The summed E-state index contributed by atoms with van der Waals surface area (Å²) in [6, 6.07) is 0. The lowest BCUT2D eigenvalue weighted by atomic mass is 9.92. The second-order valence-corrected chi connectivity index (χ2v) is 8.24. The Morgan fingerprint density at radius 3 is 2.24 bits per heavy atom. The maximum absolute atomic E-state index is 4.34. The molecule has 0 radical (unpaired) electrons. The zero-order valence-electron chi connectivity index (χ0n) is 16.9. The van der Waals surface area contributed by atoms with Gasteiger partial charge in [0.2, 0.25) is 0 Å². The van der Waals surface area contributed by atoms with Crippen LogP contribution in [-0.2, 0) is 0 Å². The number of nitrogens with one attached hydrogen (secondary N) is 2. The SMILES string of the molecule is CN=C(NCCCCN1CC(C)CC(C)C1)NCCN1CCCCC1. The van der Waals surface area contributed by atoms with Crippen LogP contribution < -0.4 is 10.6 Å². The topological polar surface area (TPSA) is 42.9 Å². The van der Waals surface area contributed by atoms with Crippen LogP contribution in [0.3, 0.4) is 0 Å². The standard InChI is InChI=1S/C20H41N5/c1-18-15-19(2)17-25(16-18)13-8-5-9-22-20(21-3)23-10-14-24-11-6-4-7-12-24/h18-19H,4-17H2,1-3H3,(H2,21,22,23). The number of nitrogens with zero attached hydrogens (tertiary/aromatic N) is 3. The lowest BCUT2D eigenvalue weighted by Gasteiger charge is -2.34. The summed E-state index contributed by atoms with van der Waals surface area (Å²) in [5.41, 5.74) is 0. The molecule has 2 aliphatic heterocycles. The van der Waals surface area contributed by atoms with Crippen LogP contribution in [-0.4, -0.2) is 75.2 Å². The number of unbranched alkanes of at least 4 members (excludes halogenated alkanes) is 1. The van der Waals surface area contributed by atoms with E-state index in [1.807, 2.05) is 7.05 Å². The quantitative estimate of drug-likeness (QED) is 0.400. The molecule has 2 rings (SSSR count). The maximum atomic E-state index is 4.34. The molecule has 5 nitrogen and oxygen atoms in total. The molecule has 5 heteroatoms. The molecule has 2 atom stereocenters. The number of hydrogen-bond donors (Lipinski definition) is 2.